The van der Waals surface area contributed by atoms with Gasteiger partial charge in [0.1, 0.15) is 12.6 Å². The molecule has 0 saturated carbocycles. The van der Waals surface area contributed by atoms with Crippen LogP contribution in [0.2, 0.25) is 0 Å². The van der Waals surface area contributed by atoms with Gasteiger partial charge in [-0.15, -0.1) is 0 Å². The molecular formula is C18H23N3O6. The molecule has 146 valence electrons. The maximum Gasteiger partial charge on any atom is 0.262 e. The van der Waals surface area contributed by atoms with Crippen LogP contribution in [0.25, 0.3) is 0 Å². The molecule has 0 aliphatic carbocycles. The highest BCUT2D eigenvalue weighted by Gasteiger charge is 2.40. The van der Waals surface area contributed by atoms with Crippen LogP contribution in [0.4, 0.5) is 0 Å². The molecule has 0 saturated heterocycles. The number of carbonyl (C=O) groups excluding carboxylic acids is 4. The summed E-state index contributed by atoms with van der Waals surface area (Å²) < 4.78 is 9.86. The average Bonchev–Trinajstić information content (AvgIpc) is 2.92. The molecule has 0 radical (unpaired) electrons. The van der Waals surface area contributed by atoms with Gasteiger partial charge < -0.3 is 20.1 Å². The van der Waals surface area contributed by atoms with E-state index in [9.17, 15) is 19.2 Å². The Morgan fingerprint density at radius 3 is 2.22 bits per heavy atom. The Hall–Kier alpha value is -2.78. The zero-order valence-corrected chi connectivity index (χ0v) is 15.3. The van der Waals surface area contributed by atoms with Gasteiger partial charge in [0.25, 0.3) is 11.8 Å². The van der Waals surface area contributed by atoms with Crippen LogP contribution >= 0.6 is 0 Å². The Balaban J connectivity index is 1.74. The average molecular weight is 377 g/mol. The fourth-order valence-electron chi connectivity index (χ4n) is 2.57. The van der Waals surface area contributed by atoms with E-state index in [1.807, 2.05) is 0 Å². The zero-order chi connectivity index (χ0) is 19.8. The predicted molar refractivity (Wildman–Crippen MR) is 95.1 cm³/mol. The topological polar surface area (TPSA) is 114 Å². The summed E-state index contributed by atoms with van der Waals surface area (Å²) in [6, 6.07) is 5.50. The van der Waals surface area contributed by atoms with E-state index < -0.39 is 23.8 Å². The number of nitrogens with zero attached hydrogens (tertiary/aromatic N) is 1. The van der Waals surface area contributed by atoms with Gasteiger partial charge in [0, 0.05) is 20.2 Å². The second kappa shape index (κ2) is 9.79. The molecule has 2 rings (SSSR count). The molecule has 1 atom stereocenters. The number of nitrogens with one attached hydrogen (secondary N) is 2. The first kappa shape index (κ1) is 20.5. The third-order valence-electron chi connectivity index (χ3n) is 4.00. The summed E-state index contributed by atoms with van der Waals surface area (Å²) >= 11 is 0. The van der Waals surface area contributed by atoms with Crippen molar-refractivity contribution in [2.75, 3.05) is 40.0 Å². The molecule has 1 aliphatic rings. The van der Waals surface area contributed by atoms with E-state index in [0.717, 1.165) is 4.90 Å². The molecular weight excluding hydrogens is 354 g/mol. The lowest BCUT2D eigenvalue weighted by molar-refractivity contribution is -0.127. The van der Waals surface area contributed by atoms with Crippen LogP contribution in [0.15, 0.2) is 24.3 Å². The number of amides is 4. The van der Waals surface area contributed by atoms with Gasteiger partial charge in [0.05, 0.1) is 24.3 Å². The Bertz CT molecular complexity index is 686. The highest BCUT2D eigenvalue weighted by molar-refractivity contribution is 6.22. The Morgan fingerprint density at radius 2 is 1.63 bits per heavy atom. The SMILES string of the molecule is COCCOCC(=O)NCCNC(=O)C(C)N1C(=O)c2ccccc2C1=O. The van der Waals surface area contributed by atoms with Gasteiger partial charge in [-0.2, -0.15) is 0 Å². The molecule has 9 nitrogen and oxygen atoms in total. The summed E-state index contributed by atoms with van der Waals surface area (Å²) in [5.74, 6) is -1.76. The summed E-state index contributed by atoms with van der Waals surface area (Å²) in [6.45, 7) is 2.47. The molecule has 0 bridgehead atoms. The van der Waals surface area contributed by atoms with E-state index in [1.165, 1.54) is 14.0 Å². The van der Waals surface area contributed by atoms with Crippen LogP contribution in [0.5, 0.6) is 0 Å². The molecule has 0 fully saturated rings. The minimum atomic E-state index is -0.953. The van der Waals surface area contributed by atoms with Crippen molar-refractivity contribution >= 4 is 23.6 Å². The van der Waals surface area contributed by atoms with Gasteiger partial charge in [0.15, 0.2) is 0 Å². The number of hydrogen-bond donors (Lipinski definition) is 2. The van der Waals surface area contributed by atoms with Crippen molar-refractivity contribution in [1.82, 2.24) is 15.5 Å². The lowest BCUT2D eigenvalue weighted by Gasteiger charge is -2.21. The number of rotatable bonds is 10. The zero-order valence-electron chi connectivity index (χ0n) is 15.3. The highest BCUT2D eigenvalue weighted by atomic mass is 16.5. The molecule has 1 aromatic carbocycles. The monoisotopic (exact) mass is 377 g/mol. The van der Waals surface area contributed by atoms with E-state index in [0.29, 0.717) is 24.3 Å². The summed E-state index contributed by atoms with van der Waals surface area (Å²) in [5.41, 5.74) is 0.589. The Morgan fingerprint density at radius 1 is 1.04 bits per heavy atom. The second-order valence-corrected chi connectivity index (χ2v) is 5.89. The number of fused-ring (bicyclic) bond motifs is 1. The third-order valence-corrected chi connectivity index (χ3v) is 4.00. The van der Waals surface area contributed by atoms with E-state index in [-0.39, 0.29) is 25.6 Å². The summed E-state index contributed by atoms with van der Waals surface area (Å²) in [4.78, 5) is 49.4. The van der Waals surface area contributed by atoms with Gasteiger partial charge in [-0.05, 0) is 19.1 Å². The predicted octanol–water partition coefficient (Wildman–Crippen LogP) is -0.433. The van der Waals surface area contributed by atoms with Gasteiger partial charge in [-0.25, -0.2) is 0 Å². The first-order valence-corrected chi connectivity index (χ1v) is 8.55. The molecule has 2 N–H and O–H groups in total. The number of hydrogen-bond acceptors (Lipinski definition) is 6. The number of benzene rings is 1. The minimum Gasteiger partial charge on any atom is -0.382 e. The normalized spacial score (nSPS) is 14.1. The molecule has 9 heteroatoms. The lowest BCUT2D eigenvalue weighted by atomic mass is 10.1. The summed E-state index contributed by atoms with van der Waals surface area (Å²) in [7, 11) is 1.54. The van der Waals surface area contributed by atoms with E-state index in [4.69, 9.17) is 9.47 Å². The van der Waals surface area contributed by atoms with E-state index in [2.05, 4.69) is 10.6 Å². The lowest BCUT2D eigenvalue weighted by Crippen LogP contribution is -2.49. The molecule has 27 heavy (non-hydrogen) atoms. The fraction of sp³-hybridized carbons (Fsp3) is 0.444. The van der Waals surface area contributed by atoms with Crippen LogP contribution in [0.3, 0.4) is 0 Å². The first-order valence-electron chi connectivity index (χ1n) is 8.55. The Labute approximate surface area is 157 Å². The summed E-state index contributed by atoms with van der Waals surface area (Å²) in [6.07, 6.45) is 0. The van der Waals surface area contributed by atoms with E-state index >= 15 is 0 Å². The third kappa shape index (κ3) is 5.11. The number of methoxy groups -OCH3 is 1. The van der Waals surface area contributed by atoms with Crippen LogP contribution in [0.1, 0.15) is 27.6 Å². The standard InChI is InChI=1S/C18H23N3O6/c1-12(21-17(24)13-5-3-4-6-14(13)18(21)25)16(23)20-8-7-19-15(22)11-27-10-9-26-2/h3-6,12H,7-11H2,1-2H3,(H,19,22)(H,20,23). The summed E-state index contributed by atoms with van der Waals surface area (Å²) in [5, 5.41) is 5.19. The van der Waals surface area contributed by atoms with Crippen LogP contribution in [-0.2, 0) is 19.1 Å². The van der Waals surface area contributed by atoms with Crippen molar-refractivity contribution < 1.29 is 28.7 Å². The molecule has 1 heterocycles. The van der Waals surface area contributed by atoms with Crippen molar-refractivity contribution in [3.05, 3.63) is 35.4 Å². The fourth-order valence-corrected chi connectivity index (χ4v) is 2.57. The highest BCUT2D eigenvalue weighted by Crippen LogP contribution is 2.24. The van der Waals surface area contributed by atoms with Crippen LogP contribution < -0.4 is 10.6 Å². The van der Waals surface area contributed by atoms with Crippen molar-refractivity contribution in [2.24, 2.45) is 0 Å². The first-order chi connectivity index (χ1) is 13.0. The molecule has 1 unspecified atom stereocenters. The number of imide groups is 1. The van der Waals surface area contributed by atoms with Gasteiger partial charge in [-0.1, -0.05) is 12.1 Å². The van der Waals surface area contributed by atoms with Crippen molar-refractivity contribution in [3.8, 4) is 0 Å². The smallest absolute Gasteiger partial charge is 0.262 e. The molecule has 0 aromatic heterocycles. The van der Waals surface area contributed by atoms with Gasteiger partial charge in [0.2, 0.25) is 11.8 Å². The van der Waals surface area contributed by atoms with Gasteiger partial charge >= 0.3 is 0 Å². The van der Waals surface area contributed by atoms with Crippen molar-refractivity contribution in [1.29, 1.82) is 0 Å². The maximum absolute atomic E-state index is 12.4. The Kier molecular flexibility index (Phi) is 7.44. The maximum atomic E-state index is 12.4. The van der Waals surface area contributed by atoms with E-state index in [1.54, 1.807) is 24.3 Å². The second-order valence-electron chi connectivity index (χ2n) is 5.89. The molecule has 0 spiro atoms. The molecule has 4 amide bonds. The number of carbonyl (C=O) groups is 4. The molecule has 1 aliphatic heterocycles. The quantitative estimate of drug-likeness (QED) is 0.422. The van der Waals surface area contributed by atoms with Crippen LogP contribution in [0, 0.1) is 0 Å². The number of ether oxygens (including phenoxy) is 2. The van der Waals surface area contributed by atoms with Crippen molar-refractivity contribution in [3.63, 3.8) is 0 Å². The van der Waals surface area contributed by atoms with Crippen LogP contribution in [-0.4, -0.2) is 74.6 Å². The minimum absolute atomic E-state index is 0.0945. The van der Waals surface area contributed by atoms with Gasteiger partial charge in [-0.3, -0.25) is 24.1 Å². The van der Waals surface area contributed by atoms with Crippen molar-refractivity contribution in [2.45, 2.75) is 13.0 Å². The largest absolute Gasteiger partial charge is 0.382 e. The molecule has 1 aromatic rings.